The number of furan rings is 1. The molecule has 2 aromatic rings. The molecule has 0 fully saturated rings. The molecule has 1 atom stereocenters. The molecule has 0 radical (unpaired) electrons. The second kappa shape index (κ2) is 7.42. The lowest BCUT2D eigenvalue weighted by Gasteiger charge is -2.16. The van der Waals surface area contributed by atoms with Crippen LogP contribution in [0.2, 0.25) is 0 Å². The molecule has 0 saturated carbocycles. The predicted octanol–water partition coefficient (Wildman–Crippen LogP) is 1.17. The van der Waals surface area contributed by atoms with Crippen molar-refractivity contribution in [3.8, 4) is 0 Å². The van der Waals surface area contributed by atoms with E-state index in [9.17, 15) is 14.7 Å². The molecule has 3 N–H and O–H groups in total. The van der Waals surface area contributed by atoms with Gasteiger partial charge in [-0.2, -0.15) is 0 Å². The molecule has 0 saturated heterocycles. The zero-order valence-corrected chi connectivity index (χ0v) is 12.2. The summed E-state index contributed by atoms with van der Waals surface area (Å²) in [6.45, 7) is 1.28. The molecular formula is C16H18N2O4. The number of benzene rings is 1. The van der Waals surface area contributed by atoms with Crippen molar-refractivity contribution >= 4 is 11.8 Å². The molecule has 22 heavy (non-hydrogen) atoms. The Labute approximate surface area is 128 Å². The fraction of sp³-hybridized carbons (Fsp3) is 0.250. The summed E-state index contributed by atoms with van der Waals surface area (Å²) in [4.78, 5) is 23.7. The number of nitrogens with one attached hydrogen (secondary N) is 2. The summed E-state index contributed by atoms with van der Waals surface area (Å²) in [5, 5.41) is 14.6. The Kier molecular flexibility index (Phi) is 5.32. The first kappa shape index (κ1) is 15.8. The van der Waals surface area contributed by atoms with Crippen LogP contribution in [-0.4, -0.2) is 30.1 Å². The molecule has 0 spiro atoms. The molecule has 1 aromatic carbocycles. The number of hydrogen-bond donors (Lipinski definition) is 3. The number of hydrogen-bond acceptors (Lipinski definition) is 4. The van der Waals surface area contributed by atoms with Gasteiger partial charge in [0.25, 0.3) is 5.91 Å². The second-order valence-electron chi connectivity index (χ2n) is 4.79. The van der Waals surface area contributed by atoms with Crippen molar-refractivity contribution in [3.05, 3.63) is 59.5 Å². The molecule has 0 aliphatic rings. The van der Waals surface area contributed by atoms with Gasteiger partial charge < -0.3 is 20.2 Å². The van der Waals surface area contributed by atoms with Gasteiger partial charge in [0.2, 0.25) is 5.91 Å². The van der Waals surface area contributed by atoms with Crippen molar-refractivity contribution in [2.24, 2.45) is 0 Å². The number of carbonyl (C=O) groups is 2. The summed E-state index contributed by atoms with van der Waals surface area (Å²) in [5.41, 5.74) is 1.20. The summed E-state index contributed by atoms with van der Waals surface area (Å²) >= 11 is 0. The van der Waals surface area contributed by atoms with E-state index in [1.54, 1.807) is 13.0 Å². The van der Waals surface area contributed by atoms with Gasteiger partial charge in [0, 0.05) is 0 Å². The van der Waals surface area contributed by atoms with Crippen LogP contribution in [0.5, 0.6) is 0 Å². The van der Waals surface area contributed by atoms with E-state index in [4.69, 9.17) is 4.42 Å². The van der Waals surface area contributed by atoms with E-state index < -0.39 is 6.04 Å². The number of amides is 2. The number of aryl methyl sites for hydroxylation is 1. The van der Waals surface area contributed by atoms with E-state index in [1.807, 2.05) is 30.3 Å². The Morgan fingerprint density at radius 3 is 2.55 bits per heavy atom. The normalized spacial score (nSPS) is 11.7. The number of aliphatic hydroxyl groups is 1. The van der Waals surface area contributed by atoms with Gasteiger partial charge in [-0.1, -0.05) is 30.3 Å². The second-order valence-corrected chi connectivity index (χ2v) is 4.79. The molecule has 6 heteroatoms. The fourth-order valence-corrected chi connectivity index (χ4v) is 2.04. The van der Waals surface area contributed by atoms with Gasteiger partial charge in [-0.05, 0) is 18.6 Å². The van der Waals surface area contributed by atoms with Crippen LogP contribution >= 0.6 is 0 Å². The lowest BCUT2D eigenvalue weighted by atomic mass is 10.1. The van der Waals surface area contributed by atoms with Crippen LogP contribution in [0, 0.1) is 6.92 Å². The van der Waals surface area contributed by atoms with Crippen LogP contribution in [0.1, 0.15) is 27.7 Å². The van der Waals surface area contributed by atoms with Crippen LogP contribution in [0.4, 0.5) is 0 Å². The van der Waals surface area contributed by atoms with E-state index in [0.717, 1.165) is 5.56 Å². The van der Waals surface area contributed by atoms with Crippen LogP contribution < -0.4 is 10.6 Å². The first-order valence-electron chi connectivity index (χ1n) is 6.89. The Morgan fingerprint density at radius 2 is 1.95 bits per heavy atom. The standard InChI is InChI=1S/C16H18N2O4/c1-11-13(7-8-22-11)16(21)17-9-15(20)18-14(10-19)12-5-3-2-4-6-12/h2-8,14,19H,9-10H2,1H3,(H,17,21)(H,18,20)/t14-/m1/s1. The Morgan fingerprint density at radius 1 is 1.23 bits per heavy atom. The minimum absolute atomic E-state index is 0.174. The summed E-state index contributed by atoms with van der Waals surface area (Å²) < 4.78 is 5.04. The summed E-state index contributed by atoms with van der Waals surface area (Å²) in [7, 11) is 0. The van der Waals surface area contributed by atoms with Gasteiger partial charge in [0.1, 0.15) is 5.76 Å². The lowest BCUT2D eigenvalue weighted by Crippen LogP contribution is -2.39. The van der Waals surface area contributed by atoms with Gasteiger partial charge >= 0.3 is 0 Å². The quantitative estimate of drug-likeness (QED) is 0.747. The molecule has 0 unspecified atom stereocenters. The predicted molar refractivity (Wildman–Crippen MR) is 80.2 cm³/mol. The molecule has 0 aliphatic heterocycles. The van der Waals surface area contributed by atoms with E-state index in [-0.39, 0.29) is 25.0 Å². The van der Waals surface area contributed by atoms with Crippen LogP contribution in [0.25, 0.3) is 0 Å². The molecule has 0 aliphatic carbocycles. The molecule has 116 valence electrons. The summed E-state index contributed by atoms with van der Waals surface area (Å²) in [6.07, 6.45) is 1.42. The van der Waals surface area contributed by atoms with Crippen LogP contribution in [0.15, 0.2) is 47.1 Å². The van der Waals surface area contributed by atoms with Crippen molar-refractivity contribution < 1.29 is 19.1 Å². The molecule has 6 nitrogen and oxygen atoms in total. The van der Waals surface area contributed by atoms with Crippen molar-refractivity contribution in [1.82, 2.24) is 10.6 Å². The zero-order valence-electron chi connectivity index (χ0n) is 12.2. The molecule has 1 aromatic heterocycles. The van der Waals surface area contributed by atoms with Gasteiger partial charge in [0.05, 0.1) is 31.0 Å². The number of aliphatic hydroxyl groups excluding tert-OH is 1. The van der Waals surface area contributed by atoms with Crippen molar-refractivity contribution in [2.45, 2.75) is 13.0 Å². The first-order chi connectivity index (χ1) is 10.6. The van der Waals surface area contributed by atoms with Crippen molar-refractivity contribution in [3.63, 3.8) is 0 Å². The van der Waals surface area contributed by atoms with Crippen molar-refractivity contribution in [1.29, 1.82) is 0 Å². The van der Waals surface area contributed by atoms with Crippen LogP contribution in [-0.2, 0) is 4.79 Å². The molecule has 2 amide bonds. The molecule has 2 rings (SSSR count). The van der Waals surface area contributed by atoms with Gasteiger partial charge in [-0.25, -0.2) is 0 Å². The average Bonchev–Trinajstić information content (AvgIpc) is 2.97. The van der Waals surface area contributed by atoms with Gasteiger partial charge in [-0.3, -0.25) is 9.59 Å². The SMILES string of the molecule is Cc1occc1C(=O)NCC(=O)N[C@H](CO)c1ccccc1. The fourth-order valence-electron chi connectivity index (χ4n) is 2.04. The maximum atomic E-state index is 11.9. The molecule has 0 bridgehead atoms. The van der Waals surface area contributed by atoms with E-state index in [2.05, 4.69) is 10.6 Å². The Hall–Kier alpha value is -2.60. The smallest absolute Gasteiger partial charge is 0.255 e. The monoisotopic (exact) mass is 302 g/mol. The van der Waals surface area contributed by atoms with Crippen LogP contribution in [0.3, 0.4) is 0 Å². The highest BCUT2D eigenvalue weighted by molar-refractivity contribution is 5.97. The van der Waals surface area contributed by atoms with E-state index >= 15 is 0 Å². The third-order valence-corrected chi connectivity index (χ3v) is 3.23. The number of carbonyl (C=O) groups excluding carboxylic acids is 2. The molecular weight excluding hydrogens is 284 g/mol. The van der Waals surface area contributed by atoms with Crippen molar-refractivity contribution in [2.75, 3.05) is 13.2 Å². The average molecular weight is 302 g/mol. The van der Waals surface area contributed by atoms with E-state index in [1.165, 1.54) is 6.26 Å². The topological polar surface area (TPSA) is 91.6 Å². The Balaban J connectivity index is 1.87. The zero-order chi connectivity index (χ0) is 15.9. The highest BCUT2D eigenvalue weighted by Crippen LogP contribution is 2.11. The third-order valence-electron chi connectivity index (χ3n) is 3.23. The minimum atomic E-state index is -0.499. The van der Waals surface area contributed by atoms with Gasteiger partial charge in [0.15, 0.2) is 0 Å². The first-order valence-corrected chi connectivity index (χ1v) is 6.89. The maximum Gasteiger partial charge on any atom is 0.255 e. The highest BCUT2D eigenvalue weighted by atomic mass is 16.3. The maximum absolute atomic E-state index is 11.9. The number of rotatable bonds is 6. The highest BCUT2D eigenvalue weighted by Gasteiger charge is 2.15. The summed E-state index contributed by atoms with van der Waals surface area (Å²) in [6, 6.07) is 10.2. The third kappa shape index (κ3) is 3.95. The largest absolute Gasteiger partial charge is 0.469 e. The van der Waals surface area contributed by atoms with Gasteiger partial charge in [-0.15, -0.1) is 0 Å². The Bertz CT molecular complexity index is 637. The van der Waals surface area contributed by atoms with E-state index in [0.29, 0.717) is 11.3 Å². The molecule has 1 heterocycles. The summed E-state index contributed by atoms with van der Waals surface area (Å²) in [5.74, 6) is -0.255. The minimum Gasteiger partial charge on any atom is -0.469 e. The lowest BCUT2D eigenvalue weighted by molar-refractivity contribution is -0.121.